The zero-order valence-electron chi connectivity index (χ0n) is 11.7. The van der Waals surface area contributed by atoms with Crippen molar-refractivity contribution in [1.82, 2.24) is 4.90 Å². The van der Waals surface area contributed by atoms with Crippen LogP contribution in [-0.2, 0) is 9.47 Å². The molecule has 1 unspecified atom stereocenters. The van der Waals surface area contributed by atoms with Crippen LogP contribution in [0.25, 0.3) is 0 Å². The van der Waals surface area contributed by atoms with E-state index in [1.165, 1.54) is 6.54 Å². The van der Waals surface area contributed by atoms with E-state index >= 15 is 0 Å². The summed E-state index contributed by atoms with van der Waals surface area (Å²) >= 11 is 0. The van der Waals surface area contributed by atoms with Gasteiger partial charge in [0.1, 0.15) is 0 Å². The van der Waals surface area contributed by atoms with Gasteiger partial charge in [0, 0.05) is 25.6 Å². The first-order valence-corrected chi connectivity index (χ1v) is 7.02. The van der Waals surface area contributed by atoms with Crippen molar-refractivity contribution in [3.63, 3.8) is 0 Å². The summed E-state index contributed by atoms with van der Waals surface area (Å²) in [7, 11) is 0. The van der Waals surface area contributed by atoms with E-state index in [-0.39, 0.29) is 11.9 Å². The van der Waals surface area contributed by atoms with Crippen LogP contribution in [0.5, 0.6) is 0 Å². The highest BCUT2D eigenvalue weighted by molar-refractivity contribution is 4.91. The third-order valence-corrected chi connectivity index (χ3v) is 3.81. The molecule has 0 amide bonds. The Balaban J connectivity index is 1.82. The zero-order chi connectivity index (χ0) is 12.5. The van der Waals surface area contributed by atoms with Gasteiger partial charge in [-0.1, -0.05) is 27.7 Å². The summed E-state index contributed by atoms with van der Waals surface area (Å²) in [5.41, 5.74) is 0.0302. The van der Waals surface area contributed by atoms with Crippen molar-refractivity contribution in [3.05, 3.63) is 0 Å². The topological polar surface area (TPSA) is 21.7 Å². The fourth-order valence-electron chi connectivity index (χ4n) is 2.80. The maximum Gasteiger partial charge on any atom is 0.160 e. The SMILES string of the molecule is CC(C)CN1CCC2(CC1)COC(C(C)C)O2. The molecule has 0 saturated carbocycles. The van der Waals surface area contributed by atoms with E-state index in [1.807, 2.05) is 0 Å². The Morgan fingerprint density at radius 3 is 2.29 bits per heavy atom. The van der Waals surface area contributed by atoms with E-state index in [9.17, 15) is 0 Å². The average molecular weight is 241 g/mol. The van der Waals surface area contributed by atoms with Crippen LogP contribution in [0.4, 0.5) is 0 Å². The number of piperidine rings is 1. The lowest BCUT2D eigenvalue weighted by atomic mass is 9.92. The van der Waals surface area contributed by atoms with Gasteiger partial charge in [0.2, 0.25) is 0 Å². The van der Waals surface area contributed by atoms with Crippen LogP contribution >= 0.6 is 0 Å². The molecule has 3 nitrogen and oxygen atoms in total. The predicted octanol–water partition coefficient (Wildman–Crippen LogP) is 2.51. The Morgan fingerprint density at radius 1 is 1.18 bits per heavy atom. The van der Waals surface area contributed by atoms with Crippen molar-refractivity contribution in [3.8, 4) is 0 Å². The van der Waals surface area contributed by atoms with E-state index < -0.39 is 0 Å². The van der Waals surface area contributed by atoms with Gasteiger partial charge in [0.25, 0.3) is 0 Å². The van der Waals surface area contributed by atoms with Crippen LogP contribution < -0.4 is 0 Å². The average Bonchev–Trinajstić information content (AvgIpc) is 2.66. The summed E-state index contributed by atoms with van der Waals surface area (Å²) in [5, 5.41) is 0. The van der Waals surface area contributed by atoms with E-state index in [2.05, 4.69) is 32.6 Å². The number of hydrogen-bond donors (Lipinski definition) is 0. The van der Waals surface area contributed by atoms with Gasteiger partial charge in [-0.15, -0.1) is 0 Å². The highest BCUT2D eigenvalue weighted by Gasteiger charge is 2.44. The predicted molar refractivity (Wildman–Crippen MR) is 68.9 cm³/mol. The minimum absolute atomic E-state index is 0.0200. The molecule has 2 aliphatic rings. The second kappa shape index (κ2) is 5.25. The third kappa shape index (κ3) is 3.21. The number of nitrogens with zero attached hydrogens (tertiary/aromatic N) is 1. The summed E-state index contributed by atoms with van der Waals surface area (Å²) in [6.07, 6.45) is 2.28. The fourth-order valence-corrected chi connectivity index (χ4v) is 2.80. The number of likely N-dealkylation sites (tertiary alicyclic amines) is 1. The number of rotatable bonds is 3. The second-order valence-corrected chi connectivity index (χ2v) is 6.42. The van der Waals surface area contributed by atoms with Crippen LogP contribution in [-0.4, -0.2) is 43.0 Å². The van der Waals surface area contributed by atoms with E-state index in [0.29, 0.717) is 5.92 Å². The Morgan fingerprint density at radius 2 is 1.82 bits per heavy atom. The van der Waals surface area contributed by atoms with Gasteiger partial charge in [-0.3, -0.25) is 0 Å². The molecule has 2 fully saturated rings. The molecule has 0 radical (unpaired) electrons. The van der Waals surface area contributed by atoms with Crippen molar-refractivity contribution in [2.45, 2.75) is 52.4 Å². The standard InChI is InChI=1S/C14H27NO2/c1-11(2)9-15-7-5-14(6-8-15)10-16-13(17-14)12(3)4/h11-13H,5-10H2,1-4H3. The number of ether oxygens (including phenoxy) is 2. The van der Waals surface area contributed by atoms with Crippen LogP contribution in [0.3, 0.4) is 0 Å². The highest BCUT2D eigenvalue weighted by Crippen LogP contribution is 2.35. The molecular weight excluding hydrogens is 214 g/mol. The molecule has 2 heterocycles. The largest absolute Gasteiger partial charge is 0.349 e. The molecule has 0 aromatic heterocycles. The van der Waals surface area contributed by atoms with Crippen molar-refractivity contribution in [1.29, 1.82) is 0 Å². The van der Waals surface area contributed by atoms with Crippen molar-refractivity contribution in [2.24, 2.45) is 11.8 Å². The van der Waals surface area contributed by atoms with E-state index in [4.69, 9.17) is 9.47 Å². The third-order valence-electron chi connectivity index (χ3n) is 3.81. The van der Waals surface area contributed by atoms with Crippen molar-refractivity contribution in [2.75, 3.05) is 26.2 Å². The maximum absolute atomic E-state index is 6.16. The molecule has 100 valence electrons. The summed E-state index contributed by atoms with van der Waals surface area (Å²) in [6, 6.07) is 0. The molecule has 3 heteroatoms. The smallest absolute Gasteiger partial charge is 0.160 e. The van der Waals surface area contributed by atoms with E-state index in [0.717, 1.165) is 38.5 Å². The molecule has 0 aromatic rings. The van der Waals surface area contributed by atoms with Gasteiger partial charge in [0.05, 0.1) is 12.2 Å². The molecule has 2 rings (SSSR count). The summed E-state index contributed by atoms with van der Waals surface area (Å²) in [4.78, 5) is 2.56. The van der Waals surface area contributed by atoms with Crippen molar-refractivity contribution < 1.29 is 9.47 Å². The van der Waals surface area contributed by atoms with Gasteiger partial charge in [0.15, 0.2) is 6.29 Å². The minimum atomic E-state index is 0.0200. The monoisotopic (exact) mass is 241 g/mol. The molecule has 0 aromatic carbocycles. The van der Waals surface area contributed by atoms with Gasteiger partial charge < -0.3 is 14.4 Å². The van der Waals surface area contributed by atoms with Crippen LogP contribution in [0.1, 0.15) is 40.5 Å². The van der Waals surface area contributed by atoms with Gasteiger partial charge >= 0.3 is 0 Å². The van der Waals surface area contributed by atoms with Gasteiger partial charge in [-0.25, -0.2) is 0 Å². The van der Waals surface area contributed by atoms with Crippen LogP contribution in [0.15, 0.2) is 0 Å². The lowest BCUT2D eigenvalue weighted by Crippen LogP contribution is -2.47. The molecule has 0 aliphatic carbocycles. The molecular formula is C14H27NO2. The molecule has 2 aliphatic heterocycles. The summed E-state index contributed by atoms with van der Waals surface area (Å²) in [5.74, 6) is 1.22. The maximum atomic E-state index is 6.16. The summed E-state index contributed by atoms with van der Waals surface area (Å²) in [6.45, 7) is 13.2. The Labute approximate surface area is 105 Å². The molecule has 1 spiro atoms. The minimum Gasteiger partial charge on any atom is -0.349 e. The van der Waals surface area contributed by atoms with Gasteiger partial charge in [-0.05, 0) is 18.8 Å². The van der Waals surface area contributed by atoms with E-state index in [1.54, 1.807) is 0 Å². The van der Waals surface area contributed by atoms with Crippen LogP contribution in [0.2, 0.25) is 0 Å². The zero-order valence-corrected chi connectivity index (χ0v) is 11.7. The summed E-state index contributed by atoms with van der Waals surface area (Å²) < 4.78 is 11.9. The van der Waals surface area contributed by atoms with Crippen LogP contribution in [0, 0.1) is 11.8 Å². The molecule has 0 bridgehead atoms. The highest BCUT2D eigenvalue weighted by atomic mass is 16.7. The second-order valence-electron chi connectivity index (χ2n) is 6.42. The number of hydrogen-bond acceptors (Lipinski definition) is 3. The first-order valence-electron chi connectivity index (χ1n) is 7.02. The first-order chi connectivity index (χ1) is 8.01. The first kappa shape index (κ1) is 13.3. The molecule has 1 atom stereocenters. The van der Waals surface area contributed by atoms with Gasteiger partial charge in [-0.2, -0.15) is 0 Å². The lowest BCUT2D eigenvalue weighted by Gasteiger charge is -2.38. The Hall–Kier alpha value is -0.120. The normalized spacial score (nSPS) is 29.6. The fraction of sp³-hybridized carbons (Fsp3) is 1.00. The molecule has 2 saturated heterocycles. The lowest BCUT2D eigenvalue weighted by molar-refractivity contribution is -0.127. The quantitative estimate of drug-likeness (QED) is 0.758. The molecule has 0 N–H and O–H groups in total. The Kier molecular flexibility index (Phi) is 4.11. The Bertz CT molecular complexity index is 245. The molecule has 17 heavy (non-hydrogen) atoms. The van der Waals surface area contributed by atoms with Crippen molar-refractivity contribution >= 4 is 0 Å².